The number of piperidine rings is 1. The SMILES string of the molecule is CNCC1CCN(S(=O)(=O)c2ccc3ccccc3c2)CC1.Cl. The predicted octanol–water partition coefficient (Wildman–Crippen LogP) is 2.88. The molecule has 1 N–H and O–H groups in total. The molecule has 1 heterocycles. The summed E-state index contributed by atoms with van der Waals surface area (Å²) in [7, 11) is -1.44. The average Bonchev–Trinajstić information content (AvgIpc) is 2.55. The number of sulfonamides is 1. The molecule has 4 nitrogen and oxygen atoms in total. The number of benzene rings is 2. The number of nitrogens with one attached hydrogen (secondary N) is 1. The molecule has 1 saturated heterocycles. The van der Waals surface area contributed by atoms with Crippen LogP contribution in [-0.2, 0) is 10.0 Å². The van der Waals surface area contributed by atoms with Crippen molar-refractivity contribution in [3.63, 3.8) is 0 Å². The summed E-state index contributed by atoms with van der Waals surface area (Å²) in [4.78, 5) is 0.401. The van der Waals surface area contributed by atoms with Crippen LogP contribution in [0.5, 0.6) is 0 Å². The highest BCUT2D eigenvalue weighted by Crippen LogP contribution is 2.25. The maximum atomic E-state index is 12.8. The van der Waals surface area contributed by atoms with Gasteiger partial charge in [-0.2, -0.15) is 4.31 Å². The summed E-state index contributed by atoms with van der Waals surface area (Å²) in [5.74, 6) is 0.577. The second-order valence-corrected chi connectivity index (χ2v) is 7.85. The van der Waals surface area contributed by atoms with E-state index in [1.807, 2.05) is 37.4 Å². The summed E-state index contributed by atoms with van der Waals surface area (Å²) in [6, 6.07) is 13.2. The van der Waals surface area contributed by atoms with Crippen molar-refractivity contribution < 1.29 is 8.42 Å². The number of hydrogen-bond acceptors (Lipinski definition) is 3. The summed E-state index contributed by atoms with van der Waals surface area (Å²) in [6.45, 7) is 2.19. The van der Waals surface area contributed by atoms with Crippen molar-refractivity contribution in [3.05, 3.63) is 42.5 Å². The molecule has 0 aliphatic carbocycles. The first-order chi connectivity index (χ1) is 10.6. The molecule has 0 bridgehead atoms. The third kappa shape index (κ3) is 3.86. The Morgan fingerprint density at radius 3 is 2.39 bits per heavy atom. The highest BCUT2D eigenvalue weighted by Gasteiger charge is 2.29. The van der Waals surface area contributed by atoms with E-state index in [2.05, 4.69) is 5.32 Å². The van der Waals surface area contributed by atoms with Gasteiger partial charge in [0.25, 0.3) is 0 Å². The Morgan fingerprint density at radius 2 is 1.74 bits per heavy atom. The molecule has 1 aliphatic heterocycles. The zero-order valence-corrected chi connectivity index (χ0v) is 14.9. The van der Waals surface area contributed by atoms with Crippen LogP contribution in [0.25, 0.3) is 10.8 Å². The third-order valence-electron chi connectivity index (χ3n) is 4.43. The van der Waals surface area contributed by atoms with Gasteiger partial charge >= 0.3 is 0 Å². The summed E-state index contributed by atoms with van der Waals surface area (Å²) >= 11 is 0. The maximum Gasteiger partial charge on any atom is 0.243 e. The molecular formula is C17H23ClN2O2S. The van der Waals surface area contributed by atoms with Crippen molar-refractivity contribution >= 4 is 33.2 Å². The molecule has 0 spiro atoms. The first-order valence-electron chi connectivity index (χ1n) is 7.75. The lowest BCUT2D eigenvalue weighted by Gasteiger charge is -2.31. The normalized spacial score (nSPS) is 17.1. The standard InChI is InChI=1S/C17H22N2O2S.ClH/c1-18-13-14-8-10-19(11-9-14)22(20,21)17-7-6-15-4-2-3-5-16(15)12-17;/h2-7,12,14,18H,8-11,13H2,1H3;1H. The Balaban J connectivity index is 0.00000192. The van der Waals surface area contributed by atoms with Gasteiger partial charge in [-0.05, 0) is 55.3 Å². The summed E-state index contributed by atoms with van der Waals surface area (Å²) < 4.78 is 27.2. The predicted molar refractivity (Wildman–Crippen MR) is 96.6 cm³/mol. The number of rotatable bonds is 4. The lowest BCUT2D eigenvalue weighted by molar-refractivity contribution is 0.270. The minimum Gasteiger partial charge on any atom is -0.319 e. The van der Waals surface area contributed by atoms with Crippen LogP contribution in [0.3, 0.4) is 0 Å². The van der Waals surface area contributed by atoms with Gasteiger partial charge in [0.1, 0.15) is 0 Å². The van der Waals surface area contributed by atoms with E-state index in [-0.39, 0.29) is 12.4 Å². The van der Waals surface area contributed by atoms with Crippen LogP contribution in [0, 0.1) is 5.92 Å². The van der Waals surface area contributed by atoms with E-state index in [1.54, 1.807) is 16.4 Å². The summed E-state index contributed by atoms with van der Waals surface area (Å²) in [5.41, 5.74) is 0. The van der Waals surface area contributed by atoms with Gasteiger partial charge < -0.3 is 5.32 Å². The highest BCUT2D eigenvalue weighted by atomic mass is 35.5. The fourth-order valence-corrected chi connectivity index (χ4v) is 4.62. The Bertz CT molecular complexity index is 756. The Kier molecular flexibility index (Phi) is 6.03. The van der Waals surface area contributed by atoms with Crippen LogP contribution in [-0.4, -0.2) is 39.4 Å². The molecule has 23 heavy (non-hydrogen) atoms. The molecule has 6 heteroatoms. The lowest BCUT2D eigenvalue weighted by atomic mass is 9.98. The van der Waals surface area contributed by atoms with E-state index in [0.717, 1.165) is 30.2 Å². The zero-order chi connectivity index (χ0) is 15.6. The third-order valence-corrected chi connectivity index (χ3v) is 6.32. The molecule has 0 atom stereocenters. The molecule has 0 aromatic heterocycles. The number of fused-ring (bicyclic) bond motifs is 1. The topological polar surface area (TPSA) is 49.4 Å². The van der Waals surface area contributed by atoms with Crippen LogP contribution >= 0.6 is 12.4 Å². The van der Waals surface area contributed by atoms with Gasteiger partial charge in [-0.1, -0.05) is 30.3 Å². The first kappa shape index (κ1) is 18.2. The highest BCUT2D eigenvalue weighted by molar-refractivity contribution is 7.89. The first-order valence-corrected chi connectivity index (χ1v) is 9.19. The van der Waals surface area contributed by atoms with Crippen molar-refractivity contribution in [2.24, 2.45) is 5.92 Å². The van der Waals surface area contributed by atoms with Crippen LogP contribution in [0.4, 0.5) is 0 Å². The van der Waals surface area contributed by atoms with Crippen LogP contribution < -0.4 is 5.32 Å². The quantitative estimate of drug-likeness (QED) is 0.918. The van der Waals surface area contributed by atoms with Gasteiger partial charge in [-0.15, -0.1) is 12.4 Å². The summed E-state index contributed by atoms with van der Waals surface area (Å²) in [6.07, 6.45) is 1.85. The monoisotopic (exact) mass is 354 g/mol. The van der Waals surface area contributed by atoms with E-state index in [4.69, 9.17) is 0 Å². The fraction of sp³-hybridized carbons (Fsp3) is 0.412. The second-order valence-electron chi connectivity index (χ2n) is 5.91. The van der Waals surface area contributed by atoms with Gasteiger partial charge in [0, 0.05) is 13.1 Å². The fourth-order valence-electron chi connectivity index (χ4n) is 3.12. The molecule has 3 rings (SSSR count). The van der Waals surface area contributed by atoms with Crippen molar-refractivity contribution in [1.29, 1.82) is 0 Å². The smallest absolute Gasteiger partial charge is 0.243 e. The molecule has 2 aromatic carbocycles. The molecule has 2 aromatic rings. The van der Waals surface area contributed by atoms with Gasteiger partial charge in [0.2, 0.25) is 10.0 Å². The molecule has 1 aliphatic rings. The number of halogens is 1. The lowest BCUT2D eigenvalue weighted by Crippen LogP contribution is -2.40. The van der Waals surface area contributed by atoms with E-state index in [0.29, 0.717) is 23.9 Å². The van der Waals surface area contributed by atoms with Crippen molar-refractivity contribution in [2.45, 2.75) is 17.7 Å². The molecular weight excluding hydrogens is 332 g/mol. The van der Waals surface area contributed by atoms with Crippen molar-refractivity contribution in [1.82, 2.24) is 9.62 Å². The van der Waals surface area contributed by atoms with Crippen LogP contribution in [0.1, 0.15) is 12.8 Å². The van der Waals surface area contributed by atoms with Crippen LogP contribution in [0.2, 0.25) is 0 Å². The van der Waals surface area contributed by atoms with Gasteiger partial charge in [0.15, 0.2) is 0 Å². The van der Waals surface area contributed by atoms with Crippen molar-refractivity contribution in [3.8, 4) is 0 Å². The van der Waals surface area contributed by atoms with E-state index in [9.17, 15) is 8.42 Å². The van der Waals surface area contributed by atoms with Crippen LogP contribution in [0.15, 0.2) is 47.4 Å². The van der Waals surface area contributed by atoms with Gasteiger partial charge in [-0.3, -0.25) is 0 Å². The van der Waals surface area contributed by atoms with Crippen molar-refractivity contribution in [2.75, 3.05) is 26.7 Å². The zero-order valence-electron chi connectivity index (χ0n) is 13.2. The largest absolute Gasteiger partial charge is 0.319 e. The minimum atomic E-state index is -3.38. The van der Waals surface area contributed by atoms with Gasteiger partial charge in [0.05, 0.1) is 4.90 Å². The molecule has 0 saturated carbocycles. The molecule has 126 valence electrons. The molecule has 0 unspecified atom stereocenters. The number of nitrogens with zero attached hydrogens (tertiary/aromatic N) is 1. The average molecular weight is 355 g/mol. The second kappa shape index (κ2) is 7.62. The van der Waals surface area contributed by atoms with E-state index in [1.165, 1.54) is 0 Å². The minimum absolute atomic E-state index is 0. The molecule has 0 amide bonds. The van der Waals surface area contributed by atoms with E-state index < -0.39 is 10.0 Å². The molecule has 0 radical (unpaired) electrons. The maximum absolute atomic E-state index is 12.8. The summed E-state index contributed by atoms with van der Waals surface area (Å²) in [5, 5.41) is 5.21. The van der Waals surface area contributed by atoms with Gasteiger partial charge in [-0.25, -0.2) is 8.42 Å². The Hall–Kier alpha value is -1.14. The van der Waals surface area contributed by atoms with E-state index >= 15 is 0 Å². The Labute approximate surface area is 144 Å². The molecule has 1 fully saturated rings. The Morgan fingerprint density at radius 1 is 1.09 bits per heavy atom. The number of hydrogen-bond donors (Lipinski definition) is 1.